The number of hydrogen-bond donors (Lipinski definition) is 0. The Morgan fingerprint density at radius 1 is 1.19 bits per heavy atom. The van der Waals surface area contributed by atoms with Gasteiger partial charge in [-0.2, -0.15) is 0 Å². The van der Waals surface area contributed by atoms with Crippen LogP contribution >= 0.6 is 0 Å². The van der Waals surface area contributed by atoms with Crippen LogP contribution in [0.4, 0.5) is 0 Å². The van der Waals surface area contributed by atoms with Crippen LogP contribution in [0.5, 0.6) is 0 Å². The van der Waals surface area contributed by atoms with Crippen molar-refractivity contribution < 1.29 is 14.3 Å². The lowest BCUT2D eigenvalue weighted by Gasteiger charge is -2.02. The molecule has 16 heavy (non-hydrogen) atoms. The highest BCUT2D eigenvalue weighted by molar-refractivity contribution is 5.81. The molecule has 3 heteroatoms. The summed E-state index contributed by atoms with van der Waals surface area (Å²) in [4.78, 5) is 21.7. The number of ketones is 1. The third-order valence-electron chi connectivity index (χ3n) is 2.20. The molecule has 0 fully saturated rings. The number of aryl methyl sites for hydroxylation is 1. The van der Waals surface area contributed by atoms with E-state index in [0.717, 1.165) is 12.8 Å². The molecule has 0 radical (unpaired) electrons. The molecule has 86 valence electrons. The fourth-order valence-electron chi connectivity index (χ4n) is 1.39. The molecule has 0 atom stereocenters. The number of carbonyl (C=O) groups is 2. The van der Waals surface area contributed by atoms with E-state index in [-0.39, 0.29) is 12.4 Å². The number of carbonyl (C=O) groups excluding carboxylic acids is 2. The van der Waals surface area contributed by atoms with E-state index < -0.39 is 5.97 Å². The molecule has 0 N–H and O–H groups in total. The van der Waals surface area contributed by atoms with Gasteiger partial charge in [-0.15, -0.1) is 0 Å². The monoisotopic (exact) mass is 220 g/mol. The first-order valence-corrected chi connectivity index (χ1v) is 5.37. The van der Waals surface area contributed by atoms with Gasteiger partial charge in [0.25, 0.3) is 0 Å². The fourth-order valence-corrected chi connectivity index (χ4v) is 1.39. The number of ether oxygens (including phenoxy) is 1. The van der Waals surface area contributed by atoms with Gasteiger partial charge in [-0.1, -0.05) is 30.3 Å². The third kappa shape index (κ3) is 5.29. The fraction of sp³-hybridized carbons (Fsp3) is 0.385. The molecule has 0 saturated carbocycles. The summed E-state index contributed by atoms with van der Waals surface area (Å²) in [7, 11) is 0. The Morgan fingerprint density at radius 3 is 2.50 bits per heavy atom. The molecule has 0 aliphatic rings. The van der Waals surface area contributed by atoms with Crippen molar-refractivity contribution in [2.24, 2.45) is 0 Å². The number of Topliss-reactive ketones (excluding diaryl/α,β-unsaturated/α-hetero) is 1. The molecular formula is C13H16O3. The molecular weight excluding hydrogens is 204 g/mol. The van der Waals surface area contributed by atoms with Crippen LogP contribution in [0.15, 0.2) is 30.3 Å². The summed E-state index contributed by atoms with van der Waals surface area (Å²) < 4.78 is 4.62. The summed E-state index contributed by atoms with van der Waals surface area (Å²) in [5, 5.41) is 0. The van der Waals surface area contributed by atoms with E-state index in [1.54, 1.807) is 0 Å². The summed E-state index contributed by atoms with van der Waals surface area (Å²) in [6, 6.07) is 10.0. The SMILES string of the molecule is CC(=O)OCC(=O)CCCc1ccccc1. The van der Waals surface area contributed by atoms with Crippen LogP contribution in [0.25, 0.3) is 0 Å². The first-order valence-electron chi connectivity index (χ1n) is 5.37. The van der Waals surface area contributed by atoms with Crippen molar-refractivity contribution in [2.75, 3.05) is 6.61 Å². The second-order valence-electron chi connectivity index (χ2n) is 3.66. The molecule has 0 aromatic heterocycles. The van der Waals surface area contributed by atoms with Crippen molar-refractivity contribution in [1.29, 1.82) is 0 Å². The minimum Gasteiger partial charge on any atom is -0.458 e. The van der Waals surface area contributed by atoms with Gasteiger partial charge in [0.05, 0.1) is 0 Å². The molecule has 0 heterocycles. The highest BCUT2D eigenvalue weighted by atomic mass is 16.5. The third-order valence-corrected chi connectivity index (χ3v) is 2.20. The lowest BCUT2D eigenvalue weighted by atomic mass is 10.1. The topological polar surface area (TPSA) is 43.4 Å². The van der Waals surface area contributed by atoms with Crippen molar-refractivity contribution in [3.8, 4) is 0 Å². The highest BCUT2D eigenvalue weighted by Gasteiger charge is 2.04. The molecule has 0 aliphatic carbocycles. The summed E-state index contributed by atoms with van der Waals surface area (Å²) in [6.45, 7) is 1.21. The largest absolute Gasteiger partial charge is 0.458 e. The minimum atomic E-state index is -0.406. The van der Waals surface area contributed by atoms with E-state index in [1.807, 2.05) is 30.3 Å². The van der Waals surface area contributed by atoms with Gasteiger partial charge in [-0.25, -0.2) is 0 Å². The van der Waals surface area contributed by atoms with Crippen molar-refractivity contribution in [1.82, 2.24) is 0 Å². The van der Waals surface area contributed by atoms with E-state index in [4.69, 9.17) is 0 Å². The Morgan fingerprint density at radius 2 is 1.88 bits per heavy atom. The molecule has 0 amide bonds. The van der Waals surface area contributed by atoms with Gasteiger partial charge in [-0.05, 0) is 18.4 Å². The average molecular weight is 220 g/mol. The van der Waals surface area contributed by atoms with Crippen LogP contribution in [-0.4, -0.2) is 18.4 Å². The second kappa shape index (κ2) is 6.77. The molecule has 0 spiro atoms. The van der Waals surface area contributed by atoms with Crippen molar-refractivity contribution in [3.05, 3.63) is 35.9 Å². The van der Waals surface area contributed by atoms with Crippen molar-refractivity contribution in [3.63, 3.8) is 0 Å². The second-order valence-corrected chi connectivity index (χ2v) is 3.66. The van der Waals surface area contributed by atoms with Gasteiger partial charge >= 0.3 is 5.97 Å². The van der Waals surface area contributed by atoms with Gasteiger partial charge in [0.1, 0.15) is 6.61 Å². The predicted molar refractivity (Wildman–Crippen MR) is 61.0 cm³/mol. The highest BCUT2D eigenvalue weighted by Crippen LogP contribution is 2.04. The Kier molecular flexibility index (Phi) is 5.26. The first-order chi connectivity index (χ1) is 7.68. The van der Waals surface area contributed by atoms with Gasteiger partial charge in [0.15, 0.2) is 5.78 Å². The van der Waals surface area contributed by atoms with E-state index in [1.165, 1.54) is 12.5 Å². The number of rotatable bonds is 6. The Hall–Kier alpha value is -1.64. The van der Waals surface area contributed by atoms with Gasteiger partial charge < -0.3 is 4.74 Å². The molecule has 1 aromatic carbocycles. The quantitative estimate of drug-likeness (QED) is 0.690. The summed E-state index contributed by atoms with van der Waals surface area (Å²) in [5.74, 6) is -0.428. The smallest absolute Gasteiger partial charge is 0.303 e. The molecule has 0 saturated heterocycles. The van der Waals surface area contributed by atoms with E-state index in [9.17, 15) is 9.59 Å². The Balaban J connectivity index is 2.16. The zero-order chi connectivity index (χ0) is 11.8. The maximum Gasteiger partial charge on any atom is 0.303 e. The number of benzene rings is 1. The lowest BCUT2D eigenvalue weighted by molar-refractivity contribution is -0.145. The van der Waals surface area contributed by atoms with Crippen LogP contribution in [0.1, 0.15) is 25.3 Å². The van der Waals surface area contributed by atoms with Crippen LogP contribution in [-0.2, 0) is 20.7 Å². The zero-order valence-electron chi connectivity index (χ0n) is 9.44. The van der Waals surface area contributed by atoms with Crippen LogP contribution in [0.2, 0.25) is 0 Å². The predicted octanol–water partition coefficient (Wildman–Crippen LogP) is 2.14. The van der Waals surface area contributed by atoms with E-state index in [0.29, 0.717) is 6.42 Å². The lowest BCUT2D eigenvalue weighted by Crippen LogP contribution is -2.11. The summed E-state index contributed by atoms with van der Waals surface area (Å²) in [5.41, 5.74) is 1.22. The molecule has 3 nitrogen and oxygen atoms in total. The maximum absolute atomic E-state index is 11.3. The maximum atomic E-state index is 11.3. The van der Waals surface area contributed by atoms with E-state index in [2.05, 4.69) is 4.74 Å². The minimum absolute atomic E-state index is 0.0221. The number of hydrogen-bond acceptors (Lipinski definition) is 3. The molecule has 1 rings (SSSR count). The average Bonchev–Trinajstić information content (AvgIpc) is 2.28. The molecule has 0 aliphatic heterocycles. The van der Waals surface area contributed by atoms with Gasteiger partial charge in [-0.3, -0.25) is 9.59 Å². The van der Waals surface area contributed by atoms with Crippen molar-refractivity contribution >= 4 is 11.8 Å². The zero-order valence-corrected chi connectivity index (χ0v) is 9.44. The molecule has 1 aromatic rings. The molecule has 0 bridgehead atoms. The van der Waals surface area contributed by atoms with Crippen molar-refractivity contribution in [2.45, 2.75) is 26.2 Å². The number of esters is 1. The Labute approximate surface area is 95.4 Å². The Bertz CT molecular complexity index is 343. The van der Waals surface area contributed by atoms with E-state index >= 15 is 0 Å². The standard InChI is InChI=1S/C13H16O3/c1-11(14)16-10-13(15)9-5-8-12-6-3-2-4-7-12/h2-4,6-7H,5,8-10H2,1H3. The summed E-state index contributed by atoms with van der Waals surface area (Å²) in [6.07, 6.45) is 2.14. The summed E-state index contributed by atoms with van der Waals surface area (Å²) >= 11 is 0. The molecule has 0 unspecified atom stereocenters. The normalized spacial score (nSPS) is 9.81. The first kappa shape index (κ1) is 12.4. The van der Waals surface area contributed by atoms with Gasteiger partial charge in [0.2, 0.25) is 0 Å². The van der Waals surface area contributed by atoms with Crippen LogP contribution in [0.3, 0.4) is 0 Å². The van der Waals surface area contributed by atoms with Crippen LogP contribution in [0, 0.1) is 0 Å². The van der Waals surface area contributed by atoms with Crippen LogP contribution < -0.4 is 0 Å². The van der Waals surface area contributed by atoms with Gasteiger partial charge in [0, 0.05) is 13.3 Å².